The molecule has 4 nitrogen and oxygen atoms in total. The molecule has 0 bridgehead atoms. The number of nitrogens with zero attached hydrogens (tertiary/aromatic N) is 4. The SMILES string of the molecule is C1=CC2C(N=C1)c1ccccc1N2c1ccc(-c2cccc(-c3cccc(-c4c5ccccc5c(-c5ccccc5)c5ccccc45)n3)n2)cc1. The van der Waals surface area contributed by atoms with E-state index in [0.29, 0.717) is 0 Å². The number of aliphatic imine (C=N–C) groups is 1. The molecule has 2 aliphatic rings. The summed E-state index contributed by atoms with van der Waals surface area (Å²) in [7, 11) is 0. The molecule has 0 amide bonds. The van der Waals surface area contributed by atoms with Crippen molar-refractivity contribution in [3.8, 4) is 45.0 Å². The van der Waals surface area contributed by atoms with E-state index < -0.39 is 0 Å². The summed E-state index contributed by atoms with van der Waals surface area (Å²) in [5.74, 6) is 0. The largest absolute Gasteiger partial charge is 0.332 e. The van der Waals surface area contributed by atoms with E-state index in [2.05, 4.69) is 181 Å². The maximum atomic E-state index is 5.29. The molecule has 4 heteroatoms. The Bertz CT molecular complexity index is 2600. The number of pyridine rings is 2. The molecule has 8 aromatic rings. The third-order valence-corrected chi connectivity index (χ3v) is 10.2. The molecule has 0 saturated carbocycles. The van der Waals surface area contributed by atoms with Crippen LogP contribution in [-0.4, -0.2) is 22.2 Å². The summed E-state index contributed by atoms with van der Waals surface area (Å²) in [6, 6.07) is 58.2. The normalized spacial score (nSPS) is 16.0. The first-order valence-electron chi connectivity index (χ1n) is 17.4. The van der Waals surface area contributed by atoms with E-state index in [9.17, 15) is 0 Å². The number of rotatable bonds is 5. The molecule has 240 valence electrons. The summed E-state index contributed by atoms with van der Waals surface area (Å²) in [6.45, 7) is 0. The van der Waals surface area contributed by atoms with Crippen LogP contribution < -0.4 is 4.90 Å². The molecule has 2 unspecified atom stereocenters. The zero-order chi connectivity index (χ0) is 33.7. The first-order valence-corrected chi connectivity index (χ1v) is 17.4. The van der Waals surface area contributed by atoms with E-state index in [4.69, 9.17) is 15.0 Å². The molecule has 0 radical (unpaired) electrons. The predicted octanol–water partition coefficient (Wildman–Crippen LogP) is 11.7. The van der Waals surface area contributed by atoms with Crippen molar-refractivity contribution in [2.45, 2.75) is 12.1 Å². The minimum atomic E-state index is 0.116. The zero-order valence-corrected chi connectivity index (χ0v) is 27.8. The van der Waals surface area contributed by atoms with Crippen LogP contribution >= 0.6 is 0 Å². The van der Waals surface area contributed by atoms with Gasteiger partial charge in [0.2, 0.25) is 0 Å². The van der Waals surface area contributed by atoms with Crippen molar-refractivity contribution in [3.63, 3.8) is 0 Å². The van der Waals surface area contributed by atoms with Crippen molar-refractivity contribution in [1.82, 2.24) is 9.97 Å². The fraction of sp³-hybridized carbons (Fsp3) is 0.0426. The monoisotopic (exact) mass is 652 g/mol. The summed E-state index contributed by atoms with van der Waals surface area (Å²) in [5, 5.41) is 4.80. The van der Waals surface area contributed by atoms with Gasteiger partial charge in [-0.05, 0) is 81.2 Å². The highest BCUT2D eigenvalue weighted by Gasteiger charge is 2.38. The minimum Gasteiger partial charge on any atom is -0.332 e. The van der Waals surface area contributed by atoms with Crippen molar-refractivity contribution in [2.75, 3.05) is 4.90 Å². The Morgan fingerprint density at radius 3 is 1.71 bits per heavy atom. The van der Waals surface area contributed by atoms with Gasteiger partial charge < -0.3 is 4.90 Å². The number of allylic oxidation sites excluding steroid dienone is 1. The molecule has 0 saturated heterocycles. The Morgan fingerprint density at radius 2 is 1.00 bits per heavy atom. The quantitative estimate of drug-likeness (QED) is 0.174. The van der Waals surface area contributed by atoms with Crippen molar-refractivity contribution in [2.24, 2.45) is 4.99 Å². The number of para-hydroxylation sites is 1. The van der Waals surface area contributed by atoms with E-state index in [-0.39, 0.29) is 12.1 Å². The second kappa shape index (κ2) is 12.0. The lowest BCUT2D eigenvalue weighted by Gasteiger charge is -2.28. The number of anilines is 2. The number of dihydropyridines is 1. The first-order chi connectivity index (χ1) is 25.3. The van der Waals surface area contributed by atoms with Crippen LogP contribution in [0.1, 0.15) is 11.6 Å². The van der Waals surface area contributed by atoms with Gasteiger partial charge >= 0.3 is 0 Å². The van der Waals surface area contributed by atoms with Gasteiger partial charge in [-0.2, -0.15) is 0 Å². The van der Waals surface area contributed by atoms with Crippen molar-refractivity contribution in [1.29, 1.82) is 0 Å². The highest BCUT2D eigenvalue weighted by atomic mass is 15.2. The van der Waals surface area contributed by atoms with Crippen LogP contribution in [-0.2, 0) is 0 Å². The first kappa shape index (κ1) is 29.3. The molecule has 10 rings (SSSR count). The summed E-state index contributed by atoms with van der Waals surface area (Å²) >= 11 is 0. The van der Waals surface area contributed by atoms with Crippen LogP contribution in [0.25, 0.3) is 66.6 Å². The Kier molecular flexibility index (Phi) is 6.91. The van der Waals surface area contributed by atoms with Gasteiger partial charge in [0.1, 0.15) is 6.04 Å². The standard InChI is InChI=1S/C47H32N4/c1-2-13-32(14-3-1)45-34-15-4-6-17-36(34)46(37-18-7-5-16-35(37)45)42-23-11-22-41(50-42)40-21-10-20-39(49-40)31-26-28-33(29-27-31)51-43-24-9-8-19-38(43)47-44(51)25-12-30-48-47/h1-30,44,47H. The van der Waals surface area contributed by atoms with Crippen molar-refractivity contribution >= 4 is 39.1 Å². The van der Waals surface area contributed by atoms with Crippen molar-refractivity contribution in [3.05, 3.63) is 182 Å². The third kappa shape index (κ3) is 4.87. The molecule has 4 heterocycles. The van der Waals surface area contributed by atoms with E-state index in [1.54, 1.807) is 0 Å². The Balaban J connectivity index is 1.03. The van der Waals surface area contributed by atoms with E-state index >= 15 is 0 Å². The molecule has 0 fully saturated rings. The second-order valence-electron chi connectivity index (χ2n) is 13.1. The number of hydrogen-bond donors (Lipinski definition) is 0. The van der Waals surface area contributed by atoms with Gasteiger partial charge in [-0.3, -0.25) is 4.99 Å². The molecule has 0 aliphatic carbocycles. The van der Waals surface area contributed by atoms with E-state index in [0.717, 1.165) is 39.6 Å². The molecular weight excluding hydrogens is 621 g/mol. The number of hydrogen-bond acceptors (Lipinski definition) is 4. The summed E-state index contributed by atoms with van der Waals surface area (Å²) in [6.07, 6.45) is 6.22. The van der Waals surface area contributed by atoms with Gasteiger partial charge in [-0.15, -0.1) is 0 Å². The van der Waals surface area contributed by atoms with Crippen LogP contribution in [0.3, 0.4) is 0 Å². The Morgan fingerprint density at radius 1 is 0.431 bits per heavy atom. The predicted molar refractivity (Wildman–Crippen MR) is 212 cm³/mol. The fourth-order valence-corrected chi connectivity index (χ4v) is 7.99. The van der Waals surface area contributed by atoms with Gasteiger partial charge in [0.05, 0.1) is 28.8 Å². The molecule has 0 N–H and O–H groups in total. The average Bonchev–Trinajstić information content (AvgIpc) is 3.55. The van der Waals surface area contributed by atoms with Crippen LogP contribution in [0.5, 0.6) is 0 Å². The van der Waals surface area contributed by atoms with Gasteiger partial charge in [0, 0.05) is 34.3 Å². The lowest BCUT2D eigenvalue weighted by Crippen LogP contribution is -2.28. The Hall–Kier alpha value is -6.65. The maximum absolute atomic E-state index is 5.29. The van der Waals surface area contributed by atoms with Crippen LogP contribution in [0.2, 0.25) is 0 Å². The highest BCUT2D eigenvalue weighted by Crippen LogP contribution is 2.47. The number of aromatic nitrogens is 2. The summed E-state index contributed by atoms with van der Waals surface area (Å²) < 4.78 is 0. The molecule has 2 aliphatic heterocycles. The van der Waals surface area contributed by atoms with Gasteiger partial charge in [0.25, 0.3) is 0 Å². The van der Waals surface area contributed by atoms with Crippen molar-refractivity contribution < 1.29 is 0 Å². The van der Waals surface area contributed by atoms with Crippen LogP contribution in [0.4, 0.5) is 11.4 Å². The Labute approximate surface area is 296 Å². The average molecular weight is 653 g/mol. The summed E-state index contributed by atoms with van der Waals surface area (Å²) in [5.41, 5.74) is 11.8. The highest BCUT2D eigenvalue weighted by molar-refractivity contribution is 6.21. The lowest BCUT2D eigenvalue weighted by molar-refractivity contribution is 0.667. The van der Waals surface area contributed by atoms with Gasteiger partial charge in [0.15, 0.2) is 0 Å². The fourth-order valence-electron chi connectivity index (χ4n) is 7.99. The maximum Gasteiger partial charge on any atom is 0.101 e. The molecule has 6 aromatic carbocycles. The van der Waals surface area contributed by atoms with Crippen LogP contribution in [0, 0.1) is 0 Å². The smallest absolute Gasteiger partial charge is 0.101 e. The second-order valence-corrected chi connectivity index (χ2v) is 13.1. The molecule has 2 aromatic heterocycles. The molecule has 0 spiro atoms. The molecule has 51 heavy (non-hydrogen) atoms. The number of fused-ring (bicyclic) bond motifs is 5. The molecular formula is C47H32N4. The van der Waals surface area contributed by atoms with E-state index in [1.165, 1.54) is 43.9 Å². The minimum absolute atomic E-state index is 0.116. The third-order valence-electron chi connectivity index (χ3n) is 10.2. The zero-order valence-electron chi connectivity index (χ0n) is 27.8. The topological polar surface area (TPSA) is 41.4 Å². The van der Waals surface area contributed by atoms with Crippen LogP contribution in [0.15, 0.2) is 181 Å². The van der Waals surface area contributed by atoms with Gasteiger partial charge in [-0.25, -0.2) is 9.97 Å². The number of benzene rings is 6. The van der Waals surface area contributed by atoms with E-state index in [1.807, 2.05) is 6.21 Å². The molecule has 2 atom stereocenters. The summed E-state index contributed by atoms with van der Waals surface area (Å²) in [4.78, 5) is 17.7. The van der Waals surface area contributed by atoms with Gasteiger partial charge in [-0.1, -0.05) is 127 Å². The lowest BCUT2D eigenvalue weighted by atomic mass is 9.87.